The van der Waals surface area contributed by atoms with Crippen molar-refractivity contribution in [2.75, 3.05) is 0 Å². The summed E-state index contributed by atoms with van der Waals surface area (Å²) < 4.78 is 5.46. The average Bonchev–Trinajstić information content (AvgIpc) is 2.85. The summed E-state index contributed by atoms with van der Waals surface area (Å²) >= 11 is 0. The summed E-state index contributed by atoms with van der Waals surface area (Å²) in [4.78, 5) is 37.4. The second-order valence-electron chi connectivity index (χ2n) is 9.67. The van der Waals surface area contributed by atoms with Gasteiger partial charge in [0.1, 0.15) is 17.6 Å². The van der Waals surface area contributed by atoms with Crippen LogP contribution in [0.4, 0.5) is 0 Å². The fraction of sp³-hybridized carbons (Fsp3) is 0.810. The first-order valence-corrected chi connectivity index (χ1v) is 10.2. The minimum Gasteiger partial charge on any atom is -0.463 e. The third-order valence-electron chi connectivity index (χ3n) is 8.34. The molecule has 4 aliphatic rings. The fourth-order valence-electron chi connectivity index (χ4n) is 7.09. The Hall–Kier alpha value is -1.72. The summed E-state index contributed by atoms with van der Waals surface area (Å²) in [6, 6.07) is 0. The lowest BCUT2D eigenvalue weighted by Crippen LogP contribution is -2.58. The summed E-state index contributed by atoms with van der Waals surface area (Å²) in [6.07, 6.45) is 5.11. The Balaban J connectivity index is 1.63. The number of ketones is 2. The van der Waals surface area contributed by atoms with Gasteiger partial charge in [0.05, 0.1) is 0 Å². The molecule has 4 fully saturated rings. The first kappa shape index (κ1) is 18.6. The van der Waals surface area contributed by atoms with E-state index in [0.717, 1.165) is 32.1 Å². The van der Waals surface area contributed by atoms with E-state index in [1.807, 2.05) is 6.92 Å². The third kappa shape index (κ3) is 2.59. The van der Waals surface area contributed by atoms with E-state index in [1.165, 1.54) is 6.92 Å². The Morgan fingerprint density at radius 3 is 2.63 bits per heavy atom. The molecule has 4 aliphatic carbocycles. The molecule has 4 rings (SSSR count). The van der Waals surface area contributed by atoms with Crippen molar-refractivity contribution < 1.29 is 24.3 Å². The highest BCUT2D eigenvalue weighted by molar-refractivity contribution is 6.44. The van der Waals surface area contributed by atoms with E-state index in [-0.39, 0.29) is 58.9 Å². The van der Waals surface area contributed by atoms with E-state index in [0.29, 0.717) is 12.3 Å². The molecule has 0 aromatic carbocycles. The maximum Gasteiger partial charge on any atom is 0.302 e. The quantitative estimate of drug-likeness (QED) is 0.432. The number of esters is 1. The van der Waals surface area contributed by atoms with E-state index >= 15 is 0 Å². The number of nitrogens with zero attached hydrogens (tertiary/aromatic N) is 1. The molecule has 7 atom stereocenters. The van der Waals surface area contributed by atoms with Gasteiger partial charge in [0.2, 0.25) is 0 Å². The number of hydrogen-bond donors (Lipinski definition) is 1. The Morgan fingerprint density at radius 1 is 1.22 bits per heavy atom. The molecule has 0 aromatic rings. The Kier molecular flexibility index (Phi) is 4.24. The van der Waals surface area contributed by atoms with Crippen LogP contribution in [0.5, 0.6) is 0 Å². The highest BCUT2D eigenvalue weighted by atomic mass is 16.5. The lowest BCUT2D eigenvalue weighted by Gasteiger charge is -2.58. The first-order valence-electron chi connectivity index (χ1n) is 10.2. The monoisotopic (exact) mass is 375 g/mol. The van der Waals surface area contributed by atoms with Crippen LogP contribution in [0.15, 0.2) is 5.16 Å². The van der Waals surface area contributed by atoms with Crippen LogP contribution in [0.1, 0.15) is 65.7 Å². The number of carbonyl (C=O) groups is 3. The van der Waals surface area contributed by atoms with E-state index in [9.17, 15) is 19.6 Å². The van der Waals surface area contributed by atoms with Crippen LogP contribution in [-0.2, 0) is 19.1 Å². The molecular weight excluding hydrogens is 346 g/mol. The van der Waals surface area contributed by atoms with E-state index < -0.39 is 5.41 Å². The lowest BCUT2D eigenvalue weighted by molar-refractivity contribution is -0.168. The molecule has 0 radical (unpaired) electrons. The number of fused-ring (bicyclic) bond motifs is 5. The van der Waals surface area contributed by atoms with Gasteiger partial charge in [-0.2, -0.15) is 0 Å². The summed E-state index contributed by atoms with van der Waals surface area (Å²) in [5.74, 6) is 0.402. The maximum atomic E-state index is 13.3. The average molecular weight is 375 g/mol. The van der Waals surface area contributed by atoms with Crippen LogP contribution in [0.25, 0.3) is 0 Å². The molecule has 0 aromatic heterocycles. The van der Waals surface area contributed by atoms with Crippen LogP contribution < -0.4 is 0 Å². The van der Waals surface area contributed by atoms with E-state index in [4.69, 9.17) is 4.74 Å². The molecule has 4 saturated carbocycles. The predicted molar refractivity (Wildman–Crippen MR) is 97.3 cm³/mol. The SMILES string of the molecule is CC(=O)O[C@@H]1CC[C@@]2(C)[C@H](CC[C@@H]3[C@@H]2C(=O)C[C@]2(C)C(=O)/C(=N\O)C[C@@H]32)C1. The zero-order valence-corrected chi connectivity index (χ0v) is 16.4. The van der Waals surface area contributed by atoms with E-state index in [2.05, 4.69) is 12.1 Å². The van der Waals surface area contributed by atoms with Crippen molar-refractivity contribution in [1.29, 1.82) is 0 Å². The number of ether oxygens (including phenoxy) is 1. The van der Waals surface area contributed by atoms with Crippen molar-refractivity contribution in [1.82, 2.24) is 0 Å². The molecule has 0 heterocycles. The Morgan fingerprint density at radius 2 is 1.96 bits per heavy atom. The van der Waals surface area contributed by atoms with Gasteiger partial charge in [0, 0.05) is 31.1 Å². The van der Waals surface area contributed by atoms with Crippen LogP contribution in [0, 0.1) is 34.5 Å². The molecule has 0 aliphatic heterocycles. The summed E-state index contributed by atoms with van der Waals surface area (Å²) in [7, 11) is 0. The number of oxime groups is 1. The highest BCUT2D eigenvalue weighted by Gasteiger charge is 2.65. The lowest BCUT2D eigenvalue weighted by atomic mass is 9.45. The number of Topliss-reactive ketones (excluding diaryl/α,β-unsaturated/α-hetero) is 2. The molecule has 0 bridgehead atoms. The summed E-state index contributed by atoms with van der Waals surface area (Å²) in [6.45, 7) is 5.57. The van der Waals surface area contributed by atoms with E-state index in [1.54, 1.807) is 0 Å². The van der Waals surface area contributed by atoms with Crippen molar-refractivity contribution in [2.45, 2.75) is 71.8 Å². The first-order chi connectivity index (χ1) is 12.7. The Bertz CT molecular complexity index is 730. The molecule has 6 heteroatoms. The molecule has 0 unspecified atom stereocenters. The van der Waals surface area contributed by atoms with Gasteiger partial charge in [-0.05, 0) is 55.3 Å². The number of hydrogen-bond acceptors (Lipinski definition) is 6. The molecule has 6 nitrogen and oxygen atoms in total. The van der Waals surface area contributed by atoms with Crippen LogP contribution in [0.3, 0.4) is 0 Å². The van der Waals surface area contributed by atoms with Gasteiger partial charge in [0.25, 0.3) is 0 Å². The van der Waals surface area contributed by atoms with Crippen molar-refractivity contribution >= 4 is 23.2 Å². The molecular formula is C21H29NO5. The third-order valence-corrected chi connectivity index (χ3v) is 8.34. The van der Waals surface area contributed by atoms with Crippen LogP contribution in [-0.4, -0.2) is 34.6 Å². The van der Waals surface area contributed by atoms with Crippen molar-refractivity contribution in [2.24, 2.45) is 39.7 Å². The minimum absolute atomic E-state index is 0.0396. The maximum absolute atomic E-state index is 13.3. The predicted octanol–water partition coefficient (Wildman–Crippen LogP) is 3.15. The molecule has 0 spiro atoms. The van der Waals surface area contributed by atoms with Gasteiger partial charge in [-0.15, -0.1) is 0 Å². The largest absolute Gasteiger partial charge is 0.463 e. The van der Waals surface area contributed by atoms with Gasteiger partial charge in [-0.1, -0.05) is 19.0 Å². The fourth-order valence-corrected chi connectivity index (χ4v) is 7.09. The normalized spacial score (nSPS) is 48.0. The van der Waals surface area contributed by atoms with Crippen molar-refractivity contribution in [3.63, 3.8) is 0 Å². The smallest absolute Gasteiger partial charge is 0.302 e. The van der Waals surface area contributed by atoms with Gasteiger partial charge in [-0.3, -0.25) is 14.4 Å². The summed E-state index contributed by atoms with van der Waals surface area (Å²) in [5.41, 5.74) is -0.570. The number of carbonyl (C=O) groups excluding carboxylic acids is 3. The molecule has 148 valence electrons. The van der Waals surface area contributed by atoms with Crippen LogP contribution in [0.2, 0.25) is 0 Å². The topological polar surface area (TPSA) is 93.0 Å². The molecule has 27 heavy (non-hydrogen) atoms. The summed E-state index contributed by atoms with van der Waals surface area (Å²) in [5, 5.41) is 12.5. The number of rotatable bonds is 1. The van der Waals surface area contributed by atoms with Crippen molar-refractivity contribution in [3.05, 3.63) is 0 Å². The van der Waals surface area contributed by atoms with Crippen molar-refractivity contribution in [3.8, 4) is 0 Å². The molecule has 1 N–H and O–H groups in total. The second kappa shape index (κ2) is 6.14. The van der Waals surface area contributed by atoms with Gasteiger partial charge < -0.3 is 9.94 Å². The molecule has 0 saturated heterocycles. The van der Waals surface area contributed by atoms with Gasteiger partial charge in [0.15, 0.2) is 5.78 Å². The minimum atomic E-state index is -0.710. The zero-order chi connectivity index (χ0) is 19.6. The highest BCUT2D eigenvalue weighted by Crippen LogP contribution is 2.64. The standard InChI is InChI=1S/C21H29NO5/c1-11(23)27-13-6-7-20(2)12(8-13)4-5-14-15-9-16(22-26)19(25)21(15,3)10-17(24)18(14)20/h12-15,18,26H,4-10H2,1-3H3/b22-16-/t12-,13-,14+,15+,18-,20+,21+/m1/s1. The van der Waals surface area contributed by atoms with Gasteiger partial charge in [-0.25, -0.2) is 0 Å². The Labute approximate surface area is 159 Å². The van der Waals surface area contributed by atoms with Gasteiger partial charge >= 0.3 is 5.97 Å². The van der Waals surface area contributed by atoms with Crippen LogP contribution >= 0.6 is 0 Å². The molecule has 0 amide bonds. The second-order valence-corrected chi connectivity index (χ2v) is 9.67. The zero-order valence-electron chi connectivity index (χ0n) is 16.4.